The molecule has 31 heavy (non-hydrogen) atoms. The monoisotopic (exact) mass is 429 g/mol. The van der Waals surface area contributed by atoms with Crippen molar-refractivity contribution in [1.82, 2.24) is 4.90 Å². The van der Waals surface area contributed by atoms with E-state index in [-0.39, 0.29) is 28.8 Å². The van der Waals surface area contributed by atoms with Crippen LogP contribution in [0.15, 0.2) is 0 Å². The Morgan fingerprint density at radius 1 is 1.00 bits per heavy atom. The van der Waals surface area contributed by atoms with Crippen LogP contribution in [0.5, 0.6) is 0 Å². The maximum absolute atomic E-state index is 12.8. The molecule has 0 radical (unpaired) electrons. The van der Waals surface area contributed by atoms with Crippen molar-refractivity contribution in [2.45, 2.75) is 104 Å². The summed E-state index contributed by atoms with van der Waals surface area (Å²) in [4.78, 5) is 27.6. The molecule has 5 aliphatic rings. The lowest BCUT2D eigenvalue weighted by Gasteiger charge is -2.60. The molecule has 1 heterocycles. The van der Waals surface area contributed by atoms with Gasteiger partial charge in [-0.05, 0) is 93.5 Å². The maximum atomic E-state index is 12.8. The average Bonchev–Trinajstić information content (AvgIpc) is 3.02. The highest BCUT2D eigenvalue weighted by atomic mass is 16.5. The number of Topliss-reactive ketones (excluding diaryl/α,β-unsaturated/α-hetero) is 1. The van der Waals surface area contributed by atoms with Crippen molar-refractivity contribution < 1.29 is 14.3 Å². The molecule has 0 aromatic heterocycles. The SMILES string of the molecule is CC(=O)O[C@H]1C(N2CCCCC2)C[C@H]2[C@@H]3CC[C@H]4C[C@@H](C)C(=O)C[C@]4(C)[C@H]3CC[C@]12C. The fourth-order valence-electron chi connectivity index (χ4n) is 9.26. The molecule has 5 rings (SSSR count). The van der Waals surface area contributed by atoms with E-state index >= 15 is 0 Å². The molecule has 1 aliphatic heterocycles. The van der Waals surface area contributed by atoms with Crippen LogP contribution in [0.3, 0.4) is 0 Å². The summed E-state index contributed by atoms with van der Waals surface area (Å²) in [5.41, 5.74) is 0.276. The number of hydrogen-bond acceptors (Lipinski definition) is 4. The molecule has 0 amide bonds. The summed E-state index contributed by atoms with van der Waals surface area (Å²) < 4.78 is 6.16. The predicted octanol–water partition coefficient (Wildman–Crippen LogP) is 5.24. The third kappa shape index (κ3) is 3.42. The lowest BCUT2D eigenvalue weighted by molar-refractivity contribution is -0.167. The van der Waals surface area contributed by atoms with Crippen LogP contribution in [0, 0.1) is 40.4 Å². The fraction of sp³-hybridized carbons (Fsp3) is 0.926. The van der Waals surface area contributed by atoms with Crippen LogP contribution in [-0.2, 0) is 14.3 Å². The van der Waals surface area contributed by atoms with Crippen molar-refractivity contribution in [1.29, 1.82) is 0 Å². The van der Waals surface area contributed by atoms with Crippen LogP contribution < -0.4 is 0 Å². The van der Waals surface area contributed by atoms with E-state index in [9.17, 15) is 9.59 Å². The van der Waals surface area contributed by atoms with E-state index in [1.165, 1.54) is 44.9 Å². The van der Waals surface area contributed by atoms with Gasteiger partial charge in [0.1, 0.15) is 11.9 Å². The molecular weight excluding hydrogens is 386 g/mol. The van der Waals surface area contributed by atoms with Gasteiger partial charge in [-0.2, -0.15) is 0 Å². The first-order chi connectivity index (χ1) is 14.7. The minimum absolute atomic E-state index is 0.0348. The molecule has 4 heteroatoms. The fourth-order valence-corrected chi connectivity index (χ4v) is 9.26. The summed E-state index contributed by atoms with van der Waals surface area (Å²) in [6, 6.07) is 0.386. The van der Waals surface area contributed by atoms with Crippen LogP contribution in [-0.4, -0.2) is 41.9 Å². The van der Waals surface area contributed by atoms with Gasteiger partial charge in [-0.15, -0.1) is 0 Å². The summed E-state index contributed by atoms with van der Waals surface area (Å²) >= 11 is 0. The van der Waals surface area contributed by atoms with E-state index in [0.29, 0.717) is 29.6 Å². The standard InChI is InChI=1S/C27H43NO3/c1-17-14-19-8-9-20-21(27(19,4)16-24(17)30)10-11-26(3)22(20)15-23(25(26)31-18(2)29)28-12-6-5-7-13-28/h17,19-23,25H,5-16H2,1-4H3/t17-,19+,20-,21+,22+,23?,25+,26+,27+/m1/s1. The largest absolute Gasteiger partial charge is 0.460 e. The number of fused-ring (bicyclic) bond motifs is 5. The number of esters is 1. The number of piperidine rings is 1. The normalized spacial score (nSPS) is 50.3. The summed E-state index contributed by atoms with van der Waals surface area (Å²) in [6.45, 7) is 11.0. The second kappa shape index (κ2) is 7.85. The second-order valence-corrected chi connectivity index (χ2v) is 12.4. The van der Waals surface area contributed by atoms with Gasteiger partial charge in [0.05, 0.1) is 0 Å². The Balaban J connectivity index is 1.44. The number of ether oxygens (including phenoxy) is 1. The van der Waals surface area contributed by atoms with Gasteiger partial charge in [0.2, 0.25) is 0 Å². The molecule has 1 saturated heterocycles. The Labute approximate surface area is 188 Å². The zero-order chi connectivity index (χ0) is 22.0. The van der Waals surface area contributed by atoms with E-state index in [4.69, 9.17) is 4.74 Å². The number of hydrogen-bond donors (Lipinski definition) is 0. The zero-order valence-corrected chi connectivity index (χ0v) is 20.2. The molecule has 4 saturated carbocycles. The van der Waals surface area contributed by atoms with Gasteiger partial charge in [0.15, 0.2) is 0 Å². The first kappa shape index (κ1) is 21.9. The summed E-state index contributed by atoms with van der Waals surface area (Å²) in [5, 5.41) is 0. The Morgan fingerprint density at radius 2 is 1.74 bits per heavy atom. The van der Waals surface area contributed by atoms with Crippen LogP contribution in [0.1, 0.15) is 91.9 Å². The molecule has 1 unspecified atom stereocenters. The average molecular weight is 430 g/mol. The second-order valence-electron chi connectivity index (χ2n) is 12.4. The summed E-state index contributed by atoms with van der Waals surface area (Å²) in [6.07, 6.45) is 11.9. The lowest BCUT2D eigenvalue weighted by atomic mass is 9.44. The van der Waals surface area contributed by atoms with Crippen LogP contribution in [0.4, 0.5) is 0 Å². The Kier molecular flexibility index (Phi) is 5.55. The molecule has 4 nitrogen and oxygen atoms in total. The van der Waals surface area contributed by atoms with Gasteiger partial charge >= 0.3 is 5.97 Å². The summed E-state index contributed by atoms with van der Waals surface area (Å²) in [5.74, 6) is 3.34. The first-order valence-corrected chi connectivity index (χ1v) is 13.2. The van der Waals surface area contributed by atoms with Crippen molar-refractivity contribution in [2.75, 3.05) is 13.1 Å². The van der Waals surface area contributed by atoms with Gasteiger partial charge in [-0.1, -0.05) is 27.2 Å². The van der Waals surface area contributed by atoms with Gasteiger partial charge in [-0.3, -0.25) is 14.5 Å². The molecule has 5 fully saturated rings. The molecule has 9 atom stereocenters. The maximum Gasteiger partial charge on any atom is 0.302 e. The third-order valence-electron chi connectivity index (χ3n) is 10.9. The van der Waals surface area contributed by atoms with Crippen LogP contribution in [0.2, 0.25) is 0 Å². The number of ketones is 1. The predicted molar refractivity (Wildman–Crippen MR) is 121 cm³/mol. The van der Waals surface area contributed by atoms with Crippen molar-refractivity contribution in [3.05, 3.63) is 0 Å². The Bertz CT molecular complexity index is 730. The van der Waals surface area contributed by atoms with E-state index in [1.807, 2.05) is 0 Å². The highest BCUT2D eigenvalue weighted by molar-refractivity contribution is 5.82. The van der Waals surface area contributed by atoms with Crippen LogP contribution in [0.25, 0.3) is 0 Å². The van der Waals surface area contributed by atoms with Gasteiger partial charge < -0.3 is 4.74 Å². The lowest BCUT2D eigenvalue weighted by Crippen LogP contribution is -2.56. The summed E-state index contributed by atoms with van der Waals surface area (Å²) in [7, 11) is 0. The highest BCUT2D eigenvalue weighted by Crippen LogP contribution is 2.67. The number of likely N-dealkylation sites (tertiary alicyclic amines) is 1. The van der Waals surface area contributed by atoms with E-state index in [2.05, 4.69) is 25.7 Å². The number of nitrogens with zero attached hydrogens (tertiary/aromatic N) is 1. The molecular formula is C27H43NO3. The number of rotatable bonds is 2. The minimum atomic E-state index is -0.112. The van der Waals surface area contributed by atoms with Gasteiger partial charge in [0.25, 0.3) is 0 Å². The third-order valence-corrected chi connectivity index (χ3v) is 10.9. The number of carbonyl (C=O) groups is 2. The van der Waals surface area contributed by atoms with Crippen molar-refractivity contribution in [3.8, 4) is 0 Å². The minimum Gasteiger partial charge on any atom is -0.460 e. The first-order valence-electron chi connectivity index (χ1n) is 13.2. The quantitative estimate of drug-likeness (QED) is 0.563. The molecule has 0 bridgehead atoms. The molecule has 0 aromatic carbocycles. The molecule has 0 N–H and O–H groups in total. The molecule has 174 valence electrons. The molecule has 0 spiro atoms. The van der Waals surface area contributed by atoms with E-state index < -0.39 is 0 Å². The molecule has 0 aromatic rings. The van der Waals surface area contributed by atoms with Gasteiger partial charge in [0, 0.05) is 30.7 Å². The Hall–Kier alpha value is -0.900. The number of carbonyl (C=O) groups excluding carboxylic acids is 2. The zero-order valence-electron chi connectivity index (χ0n) is 20.2. The van der Waals surface area contributed by atoms with Crippen molar-refractivity contribution in [2.24, 2.45) is 40.4 Å². The topological polar surface area (TPSA) is 46.6 Å². The highest BCUT2D eigenvalue weighted by Gasteiger charge is 2.64. The molecule has 4 aliphatic carbocycles. The van der Waals surface area contributed by atoms with Crippen molar-refractivity contribution in [3.63, 3.8) is 0 Å². The van der Waals surface area contributed by atoms with Crippen LogP contribution >= 0.6 is 0 Å². The van der Waals surface area contributed by atoms with Crippen molar-refractivity contribution >= 4 is 11.8 Å². The smallest absolute Gasteiger partial charge is 0.302 e. The van der Waals surface area contributed by atoms with E-state index in [0.717, 1.165) is 38.3 Å². The van der Waals surface area contributed by atoms with E-state index in [1.54, 1.807) is 6.92 Å². The van der Waals surface area contributed by atoms with Gasteiger partial charge in [-0.25, -0.2) is 0 Å². The Morgan fingerprint density at radius 3 is 2.45 bits per heavy atom.